The van der Waals surface area contributed by atoms with E-state index >= 15 is 0 Å². The molecule has 4 aromatic carbocycles. The van der Waals surface area contributed by atoms with E-state index in [0.717, 1.165) is 22.3 Å². The summed E-state index contributed by atoms with van der Waals surface area (Å²) in [6, 6.07) is 33.2. The lowest BCUT2D eigenvalue weighted by atomic mass is 9.98. The van der Waals surface area contributed by atoms with Crippen LogP contribution in [0, 0.1) is 0 Å². The third-order valence-electron chi connectivity index (χ3n) is 7.71. The van der Waals surface area contributed by atoms with Gasteiger partial charge in [0.25, 0.3) is 5.91 Å². The van der Waals surface area contributed by atoms with Crippen LogP contribution in [-0.2, 0) is 43.1 Å². The number of carbonyl (C=O) groups excluding carboxylic acids is 3. The molecule has 0 bridgehead atoms. The Morgan fingerprint density at radius 1 is 0.864 bits per heavy atom. The Morgan fingerprint density at radius 2 is 1.43 bits per heavy atom. The summed E-state index contributed by atoms with van der Waals surface area (Å²) in [4.78, 5) is 41.8. The maximum absolute atomic E-state index is 14.1. The second-order valence-corrected chi connectivity index (χ2v) is 12.3. The zero-order valence-electron chi connectivity index (χ0n) is 23.7. The molecule has 0 aromatic heterocycles. The number of hydrogen-bond donors (Lipinski definition) is 2. The van der Waals surface area contributed by atoms with Crippen LogP contribution < -0.4 is 5.32 Å². The Labute approximate surface area is 258 Å². The molecule has 1 fully saturated rings. The number of rotatable bonds is 9. The smallest absolute Gasteiger partial charge is 0.356 e. The average Bonchev–Trinajstić information content (AvgIpc) is 3.04. The molecule has 0 radical (unpaired) electrons. The van der Waals surface area contributed by atoms with Crippen molar-refractivity contribution < 1.29 is 28.8 Å². The van der Waals surface area contributed by atoms with Crippen LogP contribution >= 0.6 is 0 Å². The fourth-order valence-corrected chi connectivity index (χ4v) is 7.28. The number of β-lactam (4-membered cyclic amide) rings is 1. The molecule has 0 aliphatic carbocycles. The van der Waals surface area contributed by atoms with Gasteiger partial charge in [-0.2, -0.15) is 0 Å². The van der Waals surface area contributed by atoms with Crippen molar-refractivity contribution in [3.05, 3.63) is 149 Å². The minimum absolute atomic E-state index is 0.0200. The van der Waals surface area contributed by atoms with Gasteiger partial charge in [-0.05, 0) is 45.6 Å². The number of nitrogens with zero attached hydrogens (tertiary/aromatic N) is 1. The summed E-state index contributed by atoms with van der Waals surface area (Å²) in [5, 5.41) is 11.6. The summed E-state index contributed by atoms with van der Waals surface area (Å²) in [6.07, 6.45) is -0.466. The Bertz CT molecular complexity index is 1640. The molecule has 44 heavy (non-hydrogen) atoms. The van der Waals surface area contributed by atoms with E-state index in [0.29, 0.717) is 5.57 Å². The molecule has 2 aliphatic heterocycles. The first-order valence-corrected chi connectivity index (χ1v) is 15.6. The lowest BCUT2D eigenvalue weighted by Crippen LogP contribution is -2.75. The van der Waals surface area contributed by atoms with Crippen molar-refractivity contribution in [2.75, 3.05) is 5.75 Å². The molecule has 3 atom stereocenters. The molecule has 2 aliphatic rings. The monoisotopic (exact) mass is 606 g/mol. The molecule has 9 heteroatoms. The number of benzene rings is 4. The van der Waals surface area contributed by atoms with Crippen molar-refractivity contribution in [3.63, 3.8) is 0 Å². The van der Waals surface area contributed by atoms with E-state index in [-0.39, 0.29) is 35.9 Å². The van der Waals surface area contributed by atoms with Crippen molar-refractivity contribution in [1.82, 2.24) is 10.2 Å². The van der Waals surface area contributed by atoms with Gasteiger partial charge < -0.3 is 19.7 Å². The summed E-state index contributed by atoms with van der Waals surface area (Å²) < 4.78 is 19.7. The lowest BCUT2D eigenvalue weighted by molar-refractivity contribution is -0.155. The number of amides is 2. The second-order valence-electron chi connectivity index (χ2n) is 10.7. The maximum Gasteiger partial charge on any atom is 0.356 e. The molecule has 222 valence electrons. The van der Waals surface area contributed by atoms with Crippen LogP contribution in [0.15, 0.2) is 127 Å². The van der Waals surface area contributed by atoms with E-state index in [2.05, 4.69) is 5.32 Å². The van der Waals surface area contributed by atoms with E-state index in [1.807, 2.05) is 91.0 Å². The summed E-state index contributed by atoms with van der Waals surface area (Å²) in [5.41, 5.74) is 3.58. The van der Waals surface area contributed by atoms with E-state index in [9.17, 15) is 24.0 Å². The third kappa shape index (κ3) is 6.10. The number of esters is 1. The normalized spacial score (nSPS) is 19.3. The van der Waals surface area contributed by atoms with Gasteiger partial charge in [0.2, 0.25) is 11.3 Å². The Morgan fingerprint density at radius 3 is 2.02 bits per heavy atom. The first-order valence-electron chi connectivity index (χ1n) is 14.2. The molecule has 0 spiro atoms. The van der Waals surface area contributed by atoms with Gasteiger partial charge in [-0.3, -0.25) is 14.5 Å². The number of aromatic hydroxyl groups is 1. The molecule has 2 heterocycles. The van der Waals surface area contributed by atoms with Gasteiger partial charge in [0, 0.05) is 12.0 Å². The standard InChI is InChI=1S/C35H30N2O6S/c38-28-18-16-24(17-19-28)20-27-22-44(42)34-30(36-29(39)21-23-10-4-1-5-11-23)33(40)37(34)31(27)35(41)43-32(25-12-6-2-7-13-25)26-14-8-3-9-15-26/h1-19,30,32,34,38H,20-22H2,(H,36,39)/t30-,34-,44?/m1/s1. The largest absolute Gasteiger partial charge is 0.614 e. The fourth-order valence-electron chi connectivity index (χ4n) is 5.59. The lowest BCUT2D eigenvalue weighted by Gasteiger charge is -2.49. The number of nitrogens with one attached hydrogen (secondary N) is 1. The van der Waals surface area contributed by atoms with Crippen LogP contribution in [0.25, 0.3) is 0 Å². The SMILES string of the molecule is O=C(Cc1ccccc1)N[C@@H]1C(=O)N2C(C(=O)OC(c3ccccc3)c3ccccc3)=C(Cc3ccc(O)cc3)C[S+]([O-])[C@H]12. The number of phenolic OH excluding ortho intramolecular Hbond substituents is 1. The summed E-state index contributed by atoms with van der Waals surface area (Å²) in [5.74, 6) is -1.50. The van der Waals surface area contributed by atoms with Crippen molar-refractivity contribution in [2.45, 2.75) is 30.4 Å². The first kappa shape index (κ1) is 29.2. The molecule has 2 amide bonds. The average molecular weight is 607 g/mol. The van der Waals surface area contributed by atoms with Crippen molar-refractivity contribution in [2.24, 2.45) is 0 Å². The van der Waals surface area contributed by atoms with Gasteiger partial charge in [0.15, 0.2) is 12.1 Å². The maximum atomic E-state index is 14.1. The van der Waals surface area contributed by atoms with Crippen LogP contribution in [0.1, 0.15) is 28.4 Å². The van der Waals surface area contributed by atoms with E-state index in [4.69, 9.17) is 4.74 Å². The minimum atomic E-state index is -1.60. The fraction of sp³-hybridized carbons (Fsp3) is 0.171. The number of hydrogen-bond acceptors (Lipinski definition) is 6. The number of carbonyl (C=O) groups is 3. The zero-order valence-corrected chi connectivity index (χ0v) is 24.5. The third-order valence-corrected chi connectivity index (χ3v) is 9.36. The topological polar surface area (TPSA) is 119 Å². The van der Waals surface area contributed by atoms with Gasteiger partial charge in [0.1, 0.15) is 17.2 Å². The van der Waals surface area contributed by atoms with Gasteiger partial charge in [-0.1, -0.05) is 103 Å². The predicted octanol–water partition coefficient (Wildman–Crippen LogP) is 4.18. The molecule has 2 N–H and O–H groups in total. The molecule has 1 unspecified atom stereocenters. The number of fused-ring (bicyclic) bond motifs is 1. The zero-order chi connectivity index (χ0) is 30.6. The first-order chi connectivity index (χ1) is 21.4. The number of phenols is 1. The summed E-state index contributed by atoms with van der Waals surface area (Å²) in [6.45, 7) is 0. The molecule has 1 saturated heterocycles. The quantitative estimate of drug-likeness (QED) is 0.168. The van der Waals surface area contributed by atoms with Gasteiger partial charge in [-0.15, -0.1) is 0 Å². The molecule has 8 nitrogen and oxygen atoms in total. The molecule has 6 rings (SSSR count). The van der Waals surface area contributed by atoms with Crippen LogP contribution in [-0.4, -0.2) is 49.5 Å². The van der Waals surface area contributed by atoms with E-state index < -0.39 is 40.6 Å². The van der Waals surface area contributed by atoms with Crippen LogP contribution in [0.4, 0.5) is 0 Å². The van der Waals surface area contributed by atoms with Gasteiger partial charge >= 0.3 is 5.97 Å². The highest BCUT2D eigenvalue weighted by Gasteiger charge is 2.61. The van der Waals surface area contributed by atoms with E-state index in [1.165, 1.54) is 17.0 Å². The second kappa shape index (κ2) is 12.8. The molecule has 4 aromatic rings. The molecule has 0 saturated carbocycles. The van der Waals surface area contributed by atoms with Crippen molar-refractivity contribution >= 4 is 29.0 Å². The minimum Gasteiger partial charge on any atom is -0.614 e. The summed E-state index contributed by atoms with van der Waals surface area (Å²) >= 11 is -1.60. The highest BCUT2D eigenvalue weighted by atomic mass is 32.2. The molecular formula is C35H30N2O6S. The van der Waals surface area contributed by atoms with Gasteiger partial charge in [0.05, 0.1) is 6.42 Å². The van der Waals surface area contributed by atoms with Crippen molar-refractivity contribution in [1.29, 1.82) is 0 Å². The number of ether oxygens (including phenoxy) is 1. The predicted molar refractivity (Wildman–Crippen MR) is 165 cm³/mol. The molecular weight excluding hydrogens is 576 g/mol. The highest BCUT2D eigenvalue weighted by molar-refractivity contribution is 7.92. The van der Waals surface area contributed by atoms with Crippen LogP contribution in [0.3, 0.4) is 0 Å². The Kier molecular flexibility index (Phi) is 8.49. The highest BCUT2D eigenvalue weighted by Crippen LogP contribution is 2.39. The summed E-state index contributed by atoms with van der Waals surface area (Å²) in [7, 11) is 0. The van der Waals surface area contributed by atoms with Gasteiger partial charge in [-0.25, -0.2) is 4.79 Å². The Balaban J connectivity index is 1.32. The van der Waals surface area contributed by atoms with E-state index in [1.54, 1.807) is 12.1 Å². The van der Waals surface area contributed by atoms with Crippen molar-refractivity contribution in [3.8, 4) is 5.75 Å². The Hall–Kier alpha value is -4.86. The van der Waals surface area contributed by atoms with Crippen LogP contribution in [0.5, 0.6) is 5.75 Å². The van der Waals surface area contributed by atoms with Crippen LogP contribution in [0.2, 0.25) is 0 Å².